The van der Waals surface area contributed by atoms with Crippen molar-refractivity contribution in [1.82, 2.24) is 10.6 Å². The summed E-state index contributed by atoms with van der Waals surface area (Å²) < 4.78 is 0. The van der Waals surface area contributed by atoms with Crippen molar-refractivity contribution in [3.8, 4) is 0 Å². The standard InChI is InChI=1S/C14H24N2O6S2.Zn/c17-11(4-2-1-3-9(24)5-6-23)16-10(7-12(18)19)14(22)15-8-13(20)21;/h9-10,23-24H,1-8H2,(H,15,22)(H,16,17)(H,18,19)(H,20,21);/q;+2/p-2/t9?,10-;/m0./s1. The Balaban J connectivity index is 0. The first kappa shape index (κ1) is 26.4. The monoisotopic (exact) mass is 442 g/mol. The molecular weight excluding hydrogens is 422 g/mol. The Morgan fingerprint density at radius 1 is 1.00 bits per heavy atom. The molecule has 0 spiro atoms. The third kappa shape index (κ3) is 15.2. The van der Waals surface area contributed by atoms with Gasteiger partial charge in [-0.25, -0.2) is 0 Å². The van der Waals surface area contributed by atoms with Gasteiger partial charge in [0.25, 0.3) is 0 Å². The van der Waals surface area contributed by atoms with Crippen molar-refractivity contribution in [1.29, 1.82) is 0 Å². The second-order valence-electron chi connectivity index (χ2n) is 5.20. The Bertz CT molecular complexity index is 453. The first-order valence-corrected chi connectivity index (χ1v) is 8.66. The van der Waals surface area contributed by atoms with Gasteiger partial charge in [-0.1, -0.05) is 6.42 Å². The summed E-state index contributed by atoms with van der Waals surface area (Å²) in [6.45, 7) is -0.771. The maximum Gasteiger partial charge on any atom is 2.00 e. The molecule has 8 nitrogen and oxygen atoms in total. The Morgan fingerprint density at radius 3 is 2.16 bits per heavy atom. The summed E-state index contributed by atoms with van der Waals surface area (Å²) in [5.41, 5.74) is 0. The molecule has 25 heavy (non-hydrogen) atoms. The number of rotatable bonds is 13. The van der Waals surface area contributed by atoms with E-state index in [4.69, 9.17) is 0 Å². The fourth-order valence-corrected chi connectivity index (χ4v) is 2.71. The molecule has 0 saturated heterocycles. The maximum atomic E-state index is 11.8. The van der Waals surface area contributed by atoms with Crippen molar-refractivity contribution in [3.63, 3.8) is 0 Å². The van der Waals surface area contributed by atoms with Gasteiger partial charge in [-0.05, 0) is 25.0 Å². The van der Waals surface area contributed by atoms with Crippen LogP contribution in [0.25, 0.3) is 0 Å². The predicted molar refractivity (Wildman–Crippen MR) is 89.3 cm³/mol. The van der Waals surface area contributed by atoms with E-state index in [1.165, 1.54) is 0 Å². The van der Waals surface area contributed by atoms with E-state index in [2.05, 4.69) is 30.6 Å². The van der Waals surface area contributed by atoms with Gasteiger partial charge in [-0.3, -0.25) is 9.59 Å². The van der Waals surface area contributed by atoms with Gasteiger partial charge >= 0.3 is 19.5 Å². The molecule has 2 N–H and O–H groups in total. The topological polar surface area (TPSA) is 138 Å². The van der Waals surface area contributed by atoms with Crippen LogP contribution in [-0.4, -0.2) is 47.3 Å². The fraction of sp³-hybridized carbons (Fsp3) is 0.714. The number of thiol groups is 2. The first-order valence-electron chi connectivity index (χ1n) is 7.52. The van der Waals surface area contributed by atoms with Gasteiger partial charge in [0.1, 0.15) is 6.04 Å². The molecule has 0 heterocycles. The van der Waals surface area contributed by atoms with Crippen molar-refractivity contribution in [2.45, 2.75) is 49.8 Å². The molecule has 0 radical (unpaired) electrons. The summed E-state index contributed by atoms with van der Waals surface area (Å²) in [7, 11) is 0. The molecule has 0 aliphatic rings. The number of carboxylic acid groups (broad SMARTS) is 2. The maximum absolute atomic E-state index is 11.8. The van der Waals surface area contributed by atoms with E-state index in [9.17, 15) is 29.4 Å². The number of hydrogen-bond donors (Lipinski definition) is 4. The largest absolute Gasteiger partial charge is 2.00 e. The summed E-state index contributed by atoms with van der Waals surface area (Å²) in [4.78, 5) is 44.4. The average Bonchev–Trinajstić information content (AvgIpc) is 2.48. The number of carbonyl (C=O) groups excluding carboxylic acids is 4. The molecule has 0 bridgehead atoms. The van der Waals surface area contributed by atoms with Gasteiger partial charge < -0.3 is 30.4 Å². The number of carbonyl (C=O) groups is 4. The zero-order chi connectivity index (χ0) is 18.5. The third-order valence-corrected chi connectivity index (χ3v) is 3.86. The number of unbranched alkanes of at least 4 members (excludes halogenated alkanes) is 1. The summed E-state index contributed by atoms with van der Waals surface area (Å²) in [6, 6.07) is -1.39. The number of hydrogen-bond acceptors (Lipinski definition) is 8. The van der Waals surface area contributed by atoms with Crippen molar-refractivity contribution >= 4 is 49.0 Å². The minimum Gasteiger partial charge on any atom is -0.550 e. The Labute approximate surface area is 170 Å². The van der Waals surface area contributed by atoms with Crippen LogP contribution in [0, 0.1) is 0 Å². The fourth-order valence-electron chi connectivity index (χ4n) is 1.88. The quantitative estimate of drug-likeness (QED) is 0.143. The molecule has 0 aliphatic heterocycles. The summed E-state index contributed by atoms with van der Waals surface area (Å²) in [5, 5.41) is 25.4. The first-order chi connectivity index (χ1) is 11.3. The van der Waals surface area contributed by atoms with Crippen LogP contribution >= 0.6 is 25.3 Å². The minimum atomic E-state index is -1.53. The van der Waals surface area contributed by atoms with Gasteiger partial charge in [-0.15, -0.1) is 0 Å². The van der Waals surface area contributed by atoms with Gasteiger partial charge in [0, 0.05) is 24.1 Å². The van der Waals surface area contributed by atoms with E-state index in [1.807, 2.05) is 5.32 Å². The van der Waals surface area contributed by atoms with E-state index >= 15 is 0 Å². The van der Waals surface area contributed by atoms with E-state index in [0.717, 1.165) is 25.0 Å². The molecule has 2 amide bonds. The van der Waals surface area contributed by atoms with E-state index in [-0.39, 0.29) is 31.1 Å². The minimum absolute atomic E-state index is 0. The van der Waals surface area contributed by atoms with Crippen LogP contribution in [0.15, 0.2) is 0 Å². The van der Waals surface area contributed by atoms with E-state index < -0.39 is 42.8 Å². The number of amides is 2. The van der Waals surface area contributed by atoms with Gasteiger partial charge in [-0.2, -0.15) is 25.3 Å². The Morgan fingerprint density at radius 2 is 1.64 bits per heavy atom. The van der Waals surface area contributed by atoms with Crippen LogP contribution in [0.5, 0.6) is 0 Å². The molecule has 2 atom stereocenters. The molecule has 0 aromatic rings. The molecule has 0 aromatic carbocycles. The van der Waals surface area contributed by atoms with Crippen molar-refractivity contribution in [3.05, 3.63) is 0 Å². The molecule has 0 aromatic heterocycles. The van der Waals surface area contributed by atoms with Crippen molar-refractivity contribution in [2.24, 2.45) is 0 Å². The SMILES string of the molecule is O=C([O-])CNC(=O)[C@H](CC(=O)[O-])NC(=O)CCCCC(S)CCS.[Zn+2]. The number of carboxylic acids is 2. The summed E-state index contributed by atoms with van der Waals surface area (Å²) in [6.07, 6.45) is 2.39. The van der Waals surface area contributed by atoms with Crippen LogP contribution in [0.2, 0.25) is 0 Å². The Kier molecular flexibility index (Phi) is 16.3. The summed E-state index contributed by atoms with van der Waals surface area (Å²) in [5.74, 6) is -3.73. The second kappa shape index (κ2) is 15.5. The predicted octanol–water partition coefficient (Wildman–Crippen LogP) is -2.35. The van der Waals surface area contributed by atoms with Crippen LogP contribution in [0.1, 0.15) is 38.5 Å². The van der Waals surface area contributed by atoms with E-state index in [0.29, 0.717) is 6.42 Å². The molecular formula is C14H22N2O6S2Zn. The third-order valence-electron chi connectivity index (χ3n) is 3.08. The van der Waals surface area contributed by atoms with E-state index in [1.54, 1.807) is 0 Å². The van der Waals surface area contributed by atoms with Crippen LogP contribution in [-0.2, 0) is 38.7 Å². The zero-order valence-electron chi connectivity index (χ0n) is 13.9. The van der Waals surface area contributed by atoms with Crippen LogP contribution < -0.4 is 20.8 Å². The van der Waals surface area contributed by atoms with Crippen LogP contribution in [0.3, 0.4) is 0 Å². The normalized spacial score (nSPS) is 12.4. The van der Waals surface area contributed by atoms with Gasteiger partial charge in [0.15, 0.2) is 0 Å². The molecule has 11 heteroatoms. The number of aliphatic carboxylic acids is 2. The molecule has 0 rings (SSSR count). The summed E-state index contributed by atoms with van der Waals surface area (Å²) >= 11 is 8.47. The molecule has 0 saturated carbocycles. The zero-order valence-corrected chi connectivity index (χ0v) is 18.6. The molecule has 0 aliphatic carbocycles. The molecule has 0 fully saturated rings. The van der Waals surface area contributed by atoms with Crippen LogP contribution in [0.4, 0.5) is 0 Å². The average molecular weight is 444 g/mol. The van der Waals surface area contributed by atoms with Gasteiger partial charge in [0.2, 0.25) is 11.8 Å². The molecule has 138 valence electrons. The molecule has 1 unspecified atom stereocenters. The van der Waals surface area contributed by atoms with Gasteiger partial charge in [0.05, 0.1) is 12.5 Å². The number of nitrogens with one attached hydrogen (secondary N) is 2. The van der Waals surface area contributed by atoms with Crippen molar-refractivity contribution < 1.29 is 48.9 Å². The second-order valence-corrected chi connectivity index (χ2v) is 6.38. The smallest absolute Gasteiger partial charge is 0.550 e. The Hall–Kier alpha value is -0.797. The van der Waals surface area contributed by atoms with Crippen molar-refractivity contribution in [2.75, 3.05) is 12.3 Å².